The molecule has 0 aliphatic heterocycles. The van der Waals surface area contributed by atoms with E-state index in [1.165, 1.54) is 25.6 Å². The van der Waals surface area contributed by atoms with Gasteiger partial charge < -0.3 is 28.4 Å². The van der Waals surface area contributed by atoms with Crippen LogP contribution < -0.4 is 0 Å². The van der Waals surface area contributed by atoms with Gasteiger partial charge in [0.2, 0.25) is 12.1 Å². The summed E-state index contributed by atoms with van der Waals surface area (Å²) in [5, 5.41) is 0. The number of carbonyl (C=O) groups is 3. The van der Waals surface area contributed by atoms with Crippen LogP contribution in [0.5, 0.6) is 0 Å². The van der Waals surface area contributed by atoms with Gasteiger partial charge in [-0.25, -0.2) is 4.79 Å². The zero-order valence-corrected chi connectivity index (χ0v) is 24.9. The molecule has 0 saturated heterocycles. The average Bonchev–Trinajstić information content (AvgIpc) is 3.36. The van der Waals surface area contributed by atoms with Gasteiger partial charge in [0.1, 0.15) is 4.88 Å². The summed E-state index contributed by atoms with van der Waals surface area (Å²) < 4.78 is 30.3. The number of thiol groups is 1. The third kappa shape index (κ3) is 17.2. The Bertz CT molecular complexity index is 810. The summed E-state index contributed by atoms with van der Waals surface area (Å²) in [4.78, 5) is 33.9. The second-order valence-corrected chi connectivity index (χ2v) is 8.01. The maximum absolute atomic E-state index is 11.7. The normalized spacial score (nSPS) is 9.92. The lowest BCUT2D eigenvalue weighted by Crippen LogP contribution is -2.15. The molecule has 1 rings (SSSR count). The molecule has 0 radical (unpaired) electrons. The highest BCUT2D eigenvalue weighted by atomic mass is 32.1. The highest BCUT2D eigenvalue weighted by molar-refractivity contribution is 7.81. The minimum absolute atomic E-state index is 0.0931. The second-order valence-electron chi connectivity index (χ2n) is 6.61. The smallest absolute Gasteiger partial charge is 0.348 e. The summed E-state index contributed by atoms with van der Waals surface area (Å²) in [5.74, 6) is 4.57. The van der Waals surface area contributed by atoms with Gasteiger partial charge in [-0.1, -0.05) is 13.8 Å². The summed E-state index contributed by atoms with van der Waals surface area (Å²) >= 11 is 5.00. The van der Waals surface area contributed by atoms with Crippen LogP contribution in [0.1, 0.15) is 74.4 Å². The van der Waals surface area contributed by atoms with Gasteiger partial charge in [-0.15, -0.1) is 11.3 Å². The van der Waals surface area contributed by atoms with Crippen LogP contribution in [0.15, 0.2) is 6.07 Å². The number of ether oxygens (including phenoxy) is 6. The lowest BCUT2D eigenvalue weighted by Gasteiger charge is -2.14. The number of thiophene rings is 1. The number of carbonyl (C=O) groups excluding carboxylic acids is 3. The van der Waals surface area contributed by atoms with E-state index in [2.05, 4.69) is 29.2 Å². The molecule has 0 aliphatic rings. The maximum atomic E-state index is 11.7. The van der Waals surface area contributed by atoms with E-state index < -0.39 is 12.6 Å². The van der Waals surface area contributed by atoms with Crippen molar-refractivity contribution >= 4 is 41.7 Å². The SMILES string of the molecule is CCOC(C#CC(=O)CC)OCC.CCOC(OCC)c1cc(CC)c(C(=O)OC)s1.COC(=O)CS. The van der Waals surface area contributed by atoms with Crippen molar-refractivity contribution in [2.75, 3.05) is 46.4 Å². The molecule has 212 valence electrons. The van der Waals surface area contributed by atoms with E-state index in [1.54, 1.807) is 6.92 Å². The van der Waals surface area contributed by atoms with Crippen LogP contribution in [-0.4, -0.2) is 70.4 Å². The summed E-state index contributed by atoms with van der Waals surface area (Å²) in [6.07, 6.45) is 0.253. The number of Topliss-reactive ketones (excluding diaryl/α,β-unsaturated/α-hetero) is 1. The fraction of sp³-hybridized carbons (Fsp3) is 0.654. The Labute approximate surface area is 230 Å². The van der Waals surface area contributed by atoms with Crippen LogP contribution in [0.4, 0.5) is 0 Å². The van der Waals surface area contributed by atoms with Gasteiger partial charge in [0.15, 0.2) is 6.29 Å². The molecule has 0 atom stereocenters. The molecule has 9 nitrogen and oxygen atoms in total. The maximum Gasteiger partial charge on any atom is 0.348 e. The van der Waals surface area contributed by atoms with Crippen LogP contribution in [-0.2, 0) is 44.4 Å². The number of hydrogen-bond donors (Lipinski definition) is 1. The van der Waals surface area contributed by atoms with Gasteiger partial charge in [-0.3, -0.25) is 9.59 Å². The van der Waals surface area contributed by atoms with Crippen molar-refractivity contribution in [3.63, 3.8) is 0 Å². The Balaban J connectivity index is 0. The summed E-state index contributed by atoms with van der Waals surface area (Å²) in [7, 11) is 2.72. The van der Waals surface area contributed by atoms with E-state index in [0.29, 0.717) is 37.7 Å². The monoisotopic (exact) mass is 562 g/mol. The molecule has 0 unspecified atom stereocenters. The minimum Gasteiger partial charge on any atom is -0.468 e. The topological polar surface area (TPSA) is 107 Å². The molecule has 0 spiro atoms. The van der Waals surface area contributed by atoms with E-state index in [1.807, 2.05) is 40.7 Å². The van der Waals surface area contributed by atoms with Gasteiger partial charge in [-0.2, -0.15) is 12.6 Å². The summed E-state index contributed by atoms with van der Waals surface area (Å²) in [5.41, 5.74) is 0.978. The van der Waals surface area contributed by atoms with Crippen molar-refractivity contribution in [1.29, 1.82) is 0 Å². The molecule has 11 heteroatoms. The second kappa shape index (κ2) is 24.4. The fourth-order valence-electron chi connectivity index (χ4n) is 2.34. The first-order chi connectivity index (χ1) is 17.7. The molecule has 1 aromatic heterocycles. The highest BCUT2D eigenvalue weighted by Crippen LogP contribution is 2.31. The predicted molar refractivity (Wildman–Crippen MR) is 147 cm³/mol. The first kappa shape index (κ1) is 37.2. The molecule has 1 aromatic rings. The van der Waals surface area contributed by atoms with Crippen molar-refractivity contribution < 1.29 is 42.8 Å². The average molecular weight is 563 g/mol. The third-order valence-corrected chi connectivity index (χ3v) is 5.53. The Morgan fingerprint density at radius 3 is 1.78 bits per heavy atom. The van der Waals surface area contributed by atoms with Crippen molar-refractivity contribution in [2.24, 2.45) is 0 Å². The molecule has 0 fully saturated rings. The molecular formula is C26H42O9S2. The van der Waals surface area contributed by atoms with Gasteiger partial charge in [0.25, 0.3) is 0 Å². The molecule has 0 N–H and O–H groups in total. The van der Waals surface area contributed by atoms with Crippen molar-refractivity contribution in [3.8, 4) is 11.8 Å². The zero-order valence-electron chi connectivity index (χ0n) is 23.2. The van der Waals surface area contributed by atoms with Crippen LogP contribution in [0.2, 0.25) is 0 Å². The van der Waals surface area contributed by atoms with Crippen LogP contribution in [0.3, 0.4) is 0 Å². The van der Waals surface area contributed by atoms with Crippen molar-refractivity contribution in [1.82, 2.24) is 0 Å². The molecule has 37 heavy (non-hydrogen) atoms. The van der Waals surface area contributed by atoms with Crippen LogP contribution in [0, 0.1) is 11.8 Å². The van der Waals surface area contributed by atoms with E-state index in [4.69, 9.17) is 23.7 Å². The Kier molecular flexibility index (Phi) is 24.5. The van der Waals surface area contributed by atoms with E-state index in [0.717, 1.165) is 16.9 Å². The number of hydrogen-bond acceptors (Lipinski definition) is 11. The van der Waals surface area contributed by atoms with E-state index in [-0.39, 0.29) is 23.5 Å². The summed E-state index contributed by atoms with van der Waals surface area (Å²) in [6, 6.07) is 1.97. The number of rotatable bonds is 13. The molecule has 1 heterocycles. The standard InChI is InChI=1S/C13H20O4S.C10H16O3.C3H6O2S/c1-5-9-8-10(13(16-6-2)17-7-3)18-11(9)12(14)15-4;1-4-9(11)7-8-10(12-5-2)13-6-3;1-5-3(4)2-6/h8,13H,5-7H2,1-4H3;10H,4-6H2,1-3H3;6H,2H2,1H3. The Morgan fingerprint density at radius 1 is 0.892 bits per heavy atom. The predicted octanol–water partition coefficient (Wildman–Crippen LogP) is 4.63. The summed E-state index contributed by atoms with van der Waals surface area (Å²) in [6.45, 7) is 13.5. The van der Waals surface area contributed by atoms with E-state index in [9.17, 15) is 14.4 Å². The molecular weight excluding hydrogens is 520 g/mol. The third-order valence-electron chi connectivity index (χ3n) is 4.09. The number of aryl methyl sites for hydroxylation is 1. The quantitative estimate of drug-likeness (QED) is 0.121. The fourth-order valence-corrected chi connectivity index (χ4v) is 3.64. The van der Waals surface area contributed by atoms with Crippen molar-refractivity contribution in [2.45, 2.75) is 67.0 Å². The van der Waals surface area contributed by atoms with Crippen LogP contribution in [0.25, 0.3) is 0 Å². The van der Waals surface area contributed by atoms with Crippen molar-refractivity contribution in [3.05, 3.63) is 21.4 Å². The number of ketones is 1. The highest BCUT2D eigenvalue weighted by Gasteiger charge is 2.21. The molecule has 0 aromatic carbocycles. The van der Waals surface area contributed by atoms with Gasteiger partial charge in [0.05, 0.1) is 24.8 Å². The minimum atomic E-state index is -0.564. The largest absolute Gasteiger partial charge is 0.468 e. The lowest BCUT2D eigenvalue weighted by atomic mass is 10.2. The Hall–Kier alpha value is -1.94. The van der Waals surface area contributed by atoms with Crippen LogP contribution >= 0.6 is 24.0 Å². The van der Waals surface area contributed by atoms with Gasteiger partial charge in [0, 0.05) is 32.8 Å². The van der Waals surface area contributed by atoms with Gasteiger partial charge in [-0.05, 0) is 57.6 Å². The Morgan fingerprint density at radius 2 is 1.43 bits per heavy atom. The first-order valence-corrected chi connectivity index (χ1v) is 13.6. The number of methoxy groups -OCH3 is 2. The lowest BCUT2D eigenvalue weighted by molar-refractivity contribution is -0.138. The molecule has 0 saturated carbocycles. The first-order valence-electron chi connectivity index (χ1n) is 12.1. The zero-order chi connectivity index (χ0) is 28.6. The van der Waals surface area contributed by atoms with Gasteiger partial charge >= 0.3 is 11.9 Å². The molecule has 0 bridgehead atoms. The molecule has 0 amide bonds. The number of esters is 2. The molecule has 0 aliphatic carbocycles. The van der Waals surface area contributed by atoms with E-state index >= 15 is 0 Å².